The number of alkyl halides is 3. The molecule has 0 aliphatic heterocycles. The number of hydrogen-bond acceptors (Lipinski definition) is 7. The third kappa shape index (κ3) is 4.90. The van der Waals surface area contributed by atoms with E-state index >= 15 is 0 Å². The highest BCUT2D eigenvalue weighted by molar-refractivity contribution is 8.00. The third-order valence-electron chi connectivity index (χ3n) is 4.15. The fraction of sp³-hybridized carbons (Fsp3) is 0.263. The number of ether oxygens (including phenoxy) is 1. The van der Waals surface area contributed by atoms with E-state index in [9.17, 15) is 18.0 Å². The predicted molar refractivity (Wildman–Crippen MR) is 110 cm³/mol. The van der Waals surface area contributed by atoms with Gasteiger partial charge in [-0.1, -0.05) is 5.16 Å². The zero-order valence-corrected chi connectivity index (χ0v) is 17.5. The van der Waals surface area contributed by atoms with Crippen LogP contribution in [0.25, 0.3) is 22.6 Å². The molecule has 0 fully saturated rings. The molecule has 0 radical (unpaired) electrons. The number of rotatable bonds is 6. The van der Waals surface area contributed by atoms with E-state index in [1.54, 1.807) is 18.5 Å². The molecule has 0 aliphatic rings. The maximum atomic E-state index is 12.7. The van der Waals surface area contributed by atoms with E-state index in [0.29, 0.717) is 17.6 Å². The van der Waals surface area contributed by atoms with Gasteiger partial charge >= 0.3 is 11.5 Å². The molecule has 0 spiro atoms. The molecule has 164 valence electrons. The predicted octanol–water partition coefficient (Wildman–Crippen LogP) is 3.69. The van der Waals surface area contributed by atoms with Crippen molar-refractivity contribution in [2.75, 3.05) is 13.7 Å². The average Bonchev–Trinajstić information content (AvgIpc) is 3.05. The van der Waals surface area contributed by atoms with E-state index in [4.69, 9.17) is 15.3 Å². The Labute approximate surface area is 179 Å². The summed E-state index contributed by atoms with van der Waals surface area (Å²) in [4.78, 5) is 26.0. The Bertz CT molecular complexity index is 1160. The van der Waals surface area contributed by atoms with Gasteiger partial charge in [-0.25, -0.2) is 14.8 Å². The summed E-state index contributed by atoms with van der Waals surface area (Å²) in [7, 11) is 2.88. The minimum absolute atomic E-state index is 0.00681. The Morgan fingerprint density at radius 3 is 2.65 bits per heavy atom. The molecule has 0 bridgehead atoms. The van der Waals surface area contributed by atoms with Crippen LogP contribution in [0.15, 0.2) is 40.4 Å². The number of carbonyl (C=O) groups excluding carboxylic acids is 1. The molecule has 0 unspecified atom stereocenters. The lowest BCUT2D eigenvalue weighted by molar-refractivity contribution is -0.0328. The highest BCUT2D eigenvalue weighted by Gasteiger charge is 2.29. The van der Waals surface area contributed by atoms with Crippen LogP contribution in [0.4, 0.5) is 13.2 Å². The molecule has 3 aromatic rings. The zero-order chi connectivity index (χ0) is 22.8. The second-order valence-corrected chi connectivity index (χ2v) is 7.31. The molecule has 0 aliphatic carbocycles. The molecule has 0 amide bonds. The Morgan fingerprint density at radius 2 is 2.00 bits per heavy atom. The lowest BCUT2D eigenvalue weighted by Gasteiger charge is -2.09. The monoisotopic (exact) mass is 453 g/mol. The summed E-state index contributed by atoms with van der Waals surface area (Å²) in [5.74, 6) is -0.424. The number of carbonyl (C=O) groups is 1. The molecule has 0 atom stereocenters. The molecule has 2 aromatic heterocycles. The average molecular weight is 453 g/mol. The van der Waals surface area contributed by atoms with Gasteiger partial charge < -0.3 is 19.9 Å². The maximum Gasteiger partial charge on any atom is 0.446 e. The normalized spacial score (nSPS) is 12.3. The smallest absolute Gasteiger partial charge is 0.446 e. The highest BCUT2D eigenvalue weighted by atomic mass is 32.2. The number of imidazole rings is 1. The largest absolute Gasteiger partial charge is 0.465 e. The van der Waals surface area contributed by atoms with Crippen molar-refractivity contribution in [3.8, 4) is 11.5 Å². The van der Waals surface area contributed by atoms with Crippen molar-refractivity contribution < 1.29 is 27.5 Å². The first-order valence-corrected chi connectivity index (χ1v) is 9.74. The van der Waals surface area contributed by atoms with Crippen LogP contribution in [0.1, 0.15) is 23.0 Å². The number of aromatic nitrogens is 3. The van der Waals surface area contributed by atoms with Gasteiger partial charge in [-0.3, -0.25) is 0 Å². The van der Waals surface area contributed by atoms with Gasteiger partial charge in [-0.15, -0.1) is 0 Å². The number of amidine groups is 1. The summed E-state index contributed by atoms with van der Waals surface area (Å²) in [6.45, 7) is 2.04. The van der Waals surface area contributed by atoms with Crippen molar-refractivity contribution >= 4 is 34.6 Å². The number of thioether (sulfide) groups is 1. The summed E-state index contributed by atoms with van der Waals surface area (Å²) >= 11 is -0.233. The quantitative estimate of drug-likeness (QED) is 0.200. The summed E-state index contributed by atoms with van der Waals surface area (Å²) in [6.07, 6.45) is 0. The van der Waals surface area contributed by atoms with Gasteiger partial charge in [-0.2, -0.15) is 13.2 Å². The SMILES string of the molecule is CCO/N=C(\N)c1ccc(C(=O)OC)c(-c2nc3cc(SC(F)(F)F)ccc3n2C)n1. The Balaban J connectivity index is 2.17. The van der Waals surface area contributed by atoms with E-state index in [2.05, 4.69) is 15.1 Å². The molecular formula is C19H18F3N5O3S. The molecule has 1 aromatic carbocycles. The summed E-state index contributed by atoms with van der Waals surface area (Å²) in [5.41, 5.74) is 2.82. The fourth-order valence-corrected chi connectivity index (χ4v) is 3.39. The number of fused-ring (bicyclic) bond motifs is 1. The number of nitrogens with zero attached hydrogens (tertiary/aromatic N) is 4. The van der Waals surface area contributed by atoms with Crippen LogP contribution in [0, 0.1) is 0 Å². The number of esters is 1. The van der Waals surface area contributed by atoms with Crippen LogP contribution in [0.2, 0.25) is 0 Å². The van der Waals surface area contributed by atoms with Gasteiger partial charge in [0.2, 0.25) is 0 Å². The number of halogens is 3. The van der Waals surface area contributed by atoms with Crippen molar-refractivity contribution in [3.63, 3.8) is 0 Å². The van der Waals surface area contributed by atoms with E-state index < -0.39 is 11.5 Å². The molecule has 0 saturated carbocycles. The topological polar surface area (TPSA) is 105 Å². The molecule has 0 saturated heterocycles. The molecule has 3 rings (SSSR count). The van der Waals surface area contributed by atoms with Crippen molar-refractivity contribution in [1.29, 1.82) is 0 Å². The fourth-order valence-electron chi connectivity index (χ4n) is 2.82. The molecule has 2 heterocycles. The third-order valence-corrected chi connectivity index (χ3v) is 4.87. The number of oxime groups is 1. The van der Waals surface area contributed by atoms with Gasteiger partial charge in [0.1, 0.15) is 18.0 Å². The standard InChI is InChI=1S/C19H18F3N5O3S/c1-4-30-26-16(23)12-7-6-11(18(28)29-3)15(24-12)17-25-13-9-10(31-19(20,21)22)5-8-14(13)27(17)2/h5-9H,4H2,1-3H3,(H2,23,26). The van der Waals surface area contributed by atoms with Gasteiger partial charge in [0, 0.05) is 11.9 Å². The summed E-state index contributed by atoms with van der Waals surface area (Å²) in [6, 6.07) is 7.14. The van der Waals surface area contributed by atoms with Crippen molar-refractivity contribution in [3.05, 3.63) is 41.6 Å². The van der Waals surface area contributed by atoms with Crippen LogP contribution in [0.5, 0.6) is 0 Å². The minimum atomic E-state index is -4.42. The lowest BCUT2D eigenvalue weighted by Crippen LogP contribution is -2.18. The Hall–Kier alpha value is -3.28. The van der Waals surface area contributed by atoms with Crippen LogP contribution in [-0.2, 0) is 16.6 Å². The number of methoxy groups -OCH3 is 1. The van der Waals surface area contributed by atoms with Gasteiger partial charge in [0.25, 0.3) is 0 Å². The molecule has 12 heteroatoms. The molecular weight excluding hydrogens is 435 g/mol. The number of pyridine rings is 1. The van der Waals surface area contributed by atoms with Crippen molar-refractivity contribution in [2.24, 2.45) is 17.9 Å². The molecule has 2 N–H and O–H groups in total. The first-order valence-electron chi connectivity index (χ1n) is 8.92. The summed E-state index contributed by atoms with van der Waals surface area (Å²) < 4.78 is 44.6. The first kappa shape index (κ1) is 22.4. The van der Waals surface area contributed by atoms with Crippen LogP contribution in [-0.4, -0.2) is 45.6 Å². The van der Waals surface area contributed by atoms with E-state index in [0.717, 1.165) is 0 Å². The minimum Gasteiger partial charge on any atom is -0.465 e. The zero-order valence-electron chi connectivity index (χ0n) is 16.7. The molecule has 31 heavy (non-hydrogen) atoms. The van der Waals surface area contributed by atoms with E-state index in [-0.39, 0.29) is 45.3 Å². The lowest BCUT2D eigenvalue weighted by atomic mass is 10.1. The maximum absolute atomic E-state index is 12.7. The first-order chi connectivity index (χ1) is 14.6. The van der Waals surface area contributed by atoms with Gasteiger partial charge in [0.05, 0.1) is 23.7 Å². The number of aryl methyl sites for hydroxylation is 1. The van der Waals surface area contributed by atoms with E-state index in [1.165, 1.54) is 37.4 Å². The second kappa shape index (κ2) is 8.84. The number of hydrogen-bond donors (Lipinski definition) is 1. The Morgan fingerprint density at radius 1 is 1.26 bits per heavy atom. The number of benzene rings is 1. The highest BCUT2D eigenvalue weighted by Crippen LogP contribution is 2.38. The van der Waals surface area contributed by atoms with Crippen LogP contribution < -0.4 is 5.73 Å². The van der Waals surface area contributed by atoms with Crippen LogP contribution >= 0.6 is 11.8 Å². The van der Waals surface area contributed by atoms with Gasteiger partial charge in [-0.05, 0) is 49.0 Å². The summed E-state index contributed by atoms with van der Waals surface area (Å²) in [5, 5.41) is 3.73. The van der Waals surface area contributed by atoms with Crippen molar-refractivity contribution in [1.82, 2.24) is 14.5 Å². The van der Waals surface area contributed by atoms with E-state index in [1.807, 2.05) is 0 Å². The van der Waals surface area contributed by atoms with Crippen LogP contribution in [0.3, 0.4) is 0 Å². The van der Waals surface area contributed by atoms with Gasteiger partial charge in [0.15, 0.2) is 11.7 Å². The molecule has 8 nitrogen and oxygen atoms in total. The van der Waals surface area contributed by atoms with Crippen molar-refractivity contribution in [2.45, 2.75) is 17.3 Å². The number of nitrogens with two attached hydrogens (primary N) is 1. The second-order valence-electron chi connectivity index (χ2n) is 6.17. The Kier molecular flexibility index (Phi) is 6.39.